The quantitative estimate of drug-likeness (QED) is 0.881. The van der Waals surface area contributed by atoms with Crippen LogP contribution in [-0.4, -0.2) is 36.3 Å². The summed E-state index contributed by atoms with van der Waals surface area (Å²) in [7, 11) is 1.68. The lowest BCUT2D eigenvalue weighted by Crippen LogP contribution is -2.40. The Hall–Kier alpha value is -2.01. The fourth-order valence-corrected chi connectivity index (χ4v) is 2.67. The lowest BCUT2D eigenvalue weighted by Gasteiger charge is -2.27. The number of benzene rings is 1. The van der Waals surface area contributed by atoms with E-state index in [1.54, 1.807) is 7.11 Å². The first-order valence-corrected chi connectivity index (χ1v) is 7.29. The van der Waals surface area contributed by atoms with Crippen molar-refractivity contribution in [3.8, 4) is 11.5 Å². The number of aryl methyl sites for hydroxylation is 1. The first-order valence-electron chi connectivity index (χ1n) is 7.29. The first-order chi connectivity index (χ1) is 10.3. The molecule has 1 aliphatic heterocycles. The molecule has 0 radical (unpaired) electrons. The van der Waals surface area contributed by atoms with Crippen LogP contribution in [0.2, 0.25) is 0 Å². The van der Waals surface area contributed by atoms with Gasteiger partial charge in [-0.2, -0.15) is 0 Å². The molecule has 5 heteroatoms. The van der Waals surface area contributed by atoms with Gasteiger partial charge in [-0.1, -0.05) is 12.1 Å². The van der Waals surface area contributed by atoms with Crippen molar-refractivity contribution in [3.05, 3.63) is 41.5 Å². The van der Waals surface area contributed by atoms with Crippen LogP contribution < -0.4 is 14.8 Å². The molecule has 112 valence electrons. The maximum atomic E-state index is 5.85. The minimum absolute atomic E-state index is 0.334. The van der Waals surface area contributed by atoms with Crippen LogP contribution in [0.15, 0.2) is 24.4 Å². The van der Waals surface area contributed by atoms with Gasteiger partial charge in [-0.15, -0.1) is 0 Å². The SMILES string of the molecule is COc1cccc2c1OCC(NCCc1ncc(C)[nH]1)C2. The van der Waals surface area contributed by atoms with Crippen molar-refractivity contribution in [1.29, 1.82) is 0 Å². The summed E-state index contributed by atoms with van der Waals surface area (Å²) < 4.78 is 11.2. The van der Waals surface area contributed by atoms with Gasteiger partial charge in [-0.25, -0.2) is 4.98 Å². The van der Waals surface area contributed by atoms with Crippen molar-refractivity contribution >= 4 is 0 Å². The number of para-hydroxylation sites is 1. The number of H-pyrrole nitrogens is 1. The van der Waals surface area contributed by atoms with Crippen LogP contribution in [0.1, 0.15) is 17.1 Å². The number of hydrogen-bond acceptors (Lipinski definition) is 4. The normalized spacial score (nSPS) is 17.1. The lowest BCUT2D eigenvalue weighted by molar-refractivity contribution is 0.228. The van der Waals surface area contributed by atoms with E-state index >= 15 is 0 Å². The Bertz CT molecular complexity index is 609. The van der Waals surface area contributed by atoms with Gasteiger partial charge in [-0.05, 0) is 25.0 Å². The van der Waals surface area contributed by atoms with Gasteiger partial charge < -0.3 is 19.8 Å². The van der Waals surface area contributed by atoms with Crippen molar-refractivity contribution < 1.29 is 9.47 Å². The van der Waals surface area contributed by atoms with E-state index in [2.05, 4.69) is 21.4 Å². The summed E-state index contributed by atoms with van der Waals surface area (Å²) in [5.41, 5.74) is 2.30. The molecule has 0 fully saturated rings. The predicted octanol–water partition coefficient (Wildman–Crippen LogP) is 1.86. The highest BCUT2D eigenvalue weighted by molar-refractivity contribution is 5.48. The molecule has 0 saturated heterocycles. The molecule has 0 spiro atoms. The number of fused-ring (bicyclic) bond motifs is 1. The third kappa shape index (κ3) is 3.19. The van der Waals surface area contributed by atoms with Gasteiger partial charge in [-0.3, -0.25) is 0 Å². The van der Waals surface area contributed by atoms with Gasteiger partial charge in [0.15, 0.2) is 11.5 Å². The Morgan fingerprint density at radius 1 is 1.48 bits per heavy atom. The molecule has 1 aromatic carbocycles. The molecule has 1 unspecified atom stereocenters. The second-order valence-electron chi connectivity index (χ2n) is 5.38. The molecule has 1 atom stereocenters. The highest BCUT2D eigenvalue weighted by Crippen LogP contribution is 2.34. The number of hydrogen-bond donors (Lipinski definition) is 2. The second kappa shape index (κ2) is 6.18. The monoisotopic (exact) mass is 287 g/mol. The number of aromatic amines is 1. The molecule has 3 rings (SSSR count). The molecule has 1 aromatic heterocycles. The molecule has 21 heavy (non-hydrogen) atoms. The molecule has 1 aliphatic rings. The number of nitrogens with one attached hydrogen (secondary N) is 2. The summed E-state index contributed by atoms with van der Waals surface area (Å²) in [4.78, 5) is 7.56. The van der Waals surface area contributed by atoms with Crippen molar-refractivity contribution in [3.63, 3.8) is 0 Å². The Morgan fingerprint density at radius 2 is 2.38 bits per heavy atom. The van der Waals surface area contributed by atoms with Crippen molar-refractivity contribution in [2.45, 2.75) is 25.8 Å². The number of ether oxygens (including phenoxy) is 2. The molecule has 2 aromatic rings. The number of nitrogens with zero attached hydrogens (tertiary/aromatic N) is 1. The van der Waals surface area contributed by atoms with Crippen LogP contribution in [0.4, 0.5) is 0 Å². The zero-order chi connectivity index (χ0) is 14.7. The Kier molecular flexibility index (Phi) is 4.10. The summed E-state index contributed by atoms with van der Waals surface area (Å²) in [6, 6.07) is 6.38. The highest BCUT2D eigenvalue weighted by atomic mass is 16.5. The summed E-state index contributed by atoms with van der Waals surface area (Å²) in [6.45, 7) is 3.58. The number of methoxy groups -OCH3 is 1. The van der Waals surface area contributed by atoms with Crippen molar-refractivity contribution in [1.82, 2.24) is 15.3 Å². The zero-order valence-electron chi connectivity index (χ0n) is 12.5. The van der Waals surface area contributed by atoms with Gasteiger partial charge >= 0.3 is 0 Å². The van der Waals surface area contributed by atoms with Gasteiger partial charge in [0.2, 0.25) is 0 Å². The zero-order valence-corrected chi connectivity index (χ0v) is 12.5. The van der Waals surface area contributed by atoms with Gasteiger partial charge in [0, 0.05) is 30.9 Å². The summed E-state index contributed by atoms with van der Waals surface area (Å²) in [5.74, 6) is 2.73. The molecule has 2 heterocycles. The third-order valence-electron chi connectivity index (χ3n) is 3.73. The summed E-state index contributed by atoms with van der Waals surface area (Å²) in [6.07, 6.45) is 3.72. The number of rotatable bonds is 5. The lowest BCUT2D eigenvalue weighted by atomic mass is 10.0. The Balaban J connectivity index is 1.54. The van der Waals surface area contributed by atoms with Crippen LogP contribution in [0, 0.1) is 6.92 Å². The van der Waals surface area contributed by atoms with E-state index in [-0.39, 0.29) is 0 Å². The van der Waals surface area contributed by atoms with E-state index in [1.165, 1.54) is 5.56 Å². The largest absolute Gasteiger partial charge is 0.493 e. The number of aromatic nitrogens is 2. The molecule has 0 bridgehead atoms. The van der Waals surface area contributed by atoms with Gasteiger partial charge in [0.1, 0.15) is 12.4 Å². The topological polar surface area (TPSA) is 59.2 Å². The van der Waals surface area contributed by atoms with Crippen LogP contribution in [0.5, 0.6) is 11.5 Å². The number of imidazole rings is 1. The maximum Gasteiger partial charge on any atom is 0.164 e. The summed E-state index contributed by atoms with van der Waals surface area (Å²) >= 11 is 0. The maximum absolute atomic E-state index is 5.85. The van der Waals surface area contributed by atoms with Crippen LogP contribution in [-0.2, 0) is 12.8 Å². The molecule has 0 saturated carbocycles. The van der Waals surface area contributed by atoms with E-state index in [4.69, 9.17) is 9.47 Å². The highest BCUT2D eigenvalue weighted by Gasteiger charge is 2.22. The molecule has 0 aliphatic carbocycles. The van der Waals surface area contributed by atoms with E-state index in [0.29, 0.717) is 12.6 Å². The van der Waals surface area contributed by atoms with Crippen LogP contribution >= 0.6 is 0 Å². The minimum atomic E-state index is 0.334. The fraction of sp³-hybridized carbons (Fsp3) is 0.438. The smallest absolute Gasteiger partial charge is 0.164 e. The molecular weight excluding hydrogens is 266 g/mol. The minimum Gasteiger partial charge on any atom is -0.493 e. The molecule has 2 N–H and O–H groups in total. The first kappa shape index (κ1) is 13.9. The Labute approximate surface area is 124 Å². The molecule has 5 nitrogen and oxygen atoms in total. The molecular formula is C16H21N3O2. The van der Waals surface area contributed by atoms with E-state index in [0.717, 1.165) is 42.4 Å². The average molecular weight is 287 g/mol. The molecule has 0 amide bonds. The Morgan fingerprint density at radius 3 is 3.14 bits per heavy atom. The predicted molar refractivity (Wildman–Crippen MR) is 81.0 cm³/mol. The van der Waals surface area contributed by atoms with E-state index < -0.39 is 0 Å². The van der Waals surface area contributed by atoms with Crippen LogP contribution in [0.25, 0.3) is 0 Å². The van der Waals surface area contributed by atoms with E-state index in [9.17, 15) is 0 Å². The van der Waals surface area contributed by atoms with Crippen molar-refractivity contribution in [2.75, 3.05) is 20.3 Å². The second-order valence-corrected chi connectivity index (χ2v) is 5.38. The fourth-order valence-electron chi connectivity index (χ4n) is 2.67. The standard InChI is InChI=1S/C16H21N3O2/c1-11-9-18-15(19-11)6-7-17-13-8-12-4-3-5-14(20-2)16(12)21-10-13/h3-5,9,13,17H,6-8,10H2,1-2H3,(H,18,19). The van der Waals surface area contributed by atoms with Gasteiger partial charge in [0.05, 0.1) is 7.11 Å². The van der Waals surface area contributed by atoms with Crippen molar-refractivity contribution in [2.24, 2.45) is 0 Å². The van der Waals surface area contributed by atoms with Crippen LogP contribution in [0.3, 0.4) is 0 Å². The van der Waals surface area contributed by atoms with Gasteiger partial charge in [0.25, 0.3) is 0 Å². The third-order valence-corrected chi connectivity index (χ3v) is 3.73. The average Bonchev–Trinajstić information content (AvgIpc) is 2.92. The summed E-state index contributed by atoms with van der Waals surface area (Å²) in [5, 5.41) is 3.53. The van der Waals surface area contributed by atoms with E-state index in [1.807, 2.05) is 25.3 Å².